The summed E-state index contributed by atoms with van der Waals surface area (Å²) in [5.41, 5.74) is 0. The number of benzene rings is 3. The van der Waals surface area contributed by atoms with Gasteiger partial charge in [0.1, 0.15) is 5.75 Å². The second-order valence-corrected chi connectivity index (χ2v) is 6.12. The van der Waals surface area contributed by atoms with E-state index in [0.717, 1.165) is 10.8 Å². The predicted molar refractivity (Wildman–Crippen MR) is 79.9 cm³/mol. The van der Waals surface area contributed by atoms with Crippen LogP contribution in [-0.4, -0.2) is 0 Å². The second kappa shape index (κ2) is 4.54. The first-order valence-corrected chi connectivity index (χ1v) is 7.95. The highest BCUT2D eigenvalue weighted by Crippen LogP contribution is 2.59. The number of hydrogen-bond acceptors (Lipinski definition) is 4. The highest BCUT2D eigenvalue weighted by atomic mass is 31.2. The van der Waals surface area contributed by atoms with E-state index in [0.29, 0.717) is 17.2 Å². The highest BCUT2D eigenvalue weighted by Gasteiger charge is 2.40. The number of para-hydroxylation sites is 1. The largest absolute Gasteiger partial charge is 0.647 e. The Bertz CT molecular complexity index is 812. The lowest BCUT2D eigenvalue weighted by Gasteiger charge is -2.10. The molecule has 104 valence electrons. The smallest absolute Gasteiger partial charge is 0.386 e. The van der Waals surface area contributed by atoms with Gasteiger partial charge in [0.15, 0.2) is 11.5 Å². The molecule has 0 spiro atoms. The fraction of sp³-hybridized carbons (Fsp3) is 0. The van der Waals surface area contributed by atoms with Crippen LogP contribution in [-0.2, 0) is 4.57 Å². The molecule has 3 aromatic carbocycles. The Hall–Kier alpha value is -2.45. The maximum atomic E-state index is 12.6. The van der Waals surface area contributed by atoms with Crippen molar-refractivity contribution in [2.24, 2.45) is 0 Å². The number of rotatable bonds is 2. The van der Waals surface area contributed by atoms with E-state index >= 15 is 0 Å². The molecule has 0 saturated carbocycles. The molecule has 4 nitrogen and oxygen atoms in total. The topological polar surface area (TPSA) is 44.8 Å². The van der Waals surface area contributed by atoms with Crippen molar-refractivity contribution in [2.75, 3.05) is 0 Å². The zero-order valence-electron chi connectivity index (χ0n) is 10.9. The Balaban J connectivity index is 1.69. The molecule has 1 heterocycles. The third-order valence-electron chi connectivity index (χ3n) is 3.19. The molecule has 5 heteroatoms. The maximum Gasteiger partial charge on any atom is 0.647 e. The Labute approximate surface area is 121 Å². The molecule has 0 bridgehead atoms. The van der Waals surface area contributed by atoms with Crippen LogP contribution in [0.4, 0.5) is 0 Å². The van der Waals surface area contributed by atoms with Crippen LogP contribution in [0.15, 0.2) is 66.7 Å². The molecule has 0 amide bonds. The van der Waals surface area contributed by atoms with Crippen LogP contribution in [0.5, 0.6) is 17.2 Å². The van der Waals surface area contributed by atoms with E-state index in [9.17, 15) is 4.57 Å². The quantitative estimate of drug-likeness (QED) is 0.638. The molecular weight excluding hydrogens is 287 g/mol. The van der Waals surface area contributed by atoms with Gasteiger partial charge in [-0.1, -0.05) is 42.5 Å². The van der Waals surface area contributed by atoms with E-state index in [2.05, 4.69) is 0 Å². The summed E-state index contributed by atoms with van der Waals surface area (Å²) in [5, 5.41) is 1.99. The first-order valence-electron chi connectivity index (χ1n) is 6.49. The monoisotopic (exact) mass is 298 g/mol. The molecule has 0 fully saturated rings. The van der Waals surface area contributed by atoms with Gasteiger partial charge in [-0.2, -0.15) is 4.57 Å². The molecule has 0 aliphatic carbocycles. The lowest BCUT2D eigenvalue weighted by Crippen LogP contribution is -2.00. The van der Waals surface area contributed by atoms with E-state index in [1.807, 2.05) is 30.3 Å². The predicted octanol–water partition coefficient (Wildman–Crippen LogP) is 4.80. The summed E-state index contributed by atoms with van der Waals surface area (Å²) < 4.78 is 28.8. The summed E-state index contributed by atoms with van der Waals surface area (Å²) in [6.45, 7) is 0. The van der Waals surface area contributed by atoms with Crippen molar-refractivity contribution < 1.29 is 18.1 Å². The van der Waals surface area contributed by atoms with Crippen molar-refractivity contribution >= 4 is 18.6 Å². The van der Waals surface area contributed by atoms with E-state index in [4.69, 9.17) is 13.6 Å². The Kier molecular flexibility index (Phi) is 2.66. The van der Waals surface area contributed by atoms with E-state index < -0.39 is 7.82 Å². The van der Waals surface area contributed by atoms with Crippen molar-refractivity contribution in [2.45, 2.75) is 0 Å². The van der Waals surface area contributed by atoms with Gasteiger partial charge in [0.05, 0.1) is 0 Å². The summed E-state index contributed by atoms with van der Waals surface area (Å²) in [6.07, 6.45) is 0. The van der Waals surface area contributed by atoms with E-state index in [1.54, 1.807) is 36.4 Å². The lowest BCUT2D eigenvalue weighted by molar-refractivity contribution is 0.331. The minimum atomic E-state index is -3.66. The van der Waals surface area contributed by atoms with Crippen molar-refractivity contribution in [3.63, 3.8) is 0 Å². The van der Waals surface area contributed by atoms with Gasteiger partial charge in [0.25, 0.3) is 0 Å². The SMILES string of the molecule is O=P1(Oc2ccccc2)Oc2cc3ccccc3cc2O1. The molecule has 0 aromatic heterocycles. The van der Waals surface area contributed by atoms with Crippen LogP contribution in [0.25, 0.3) is 10.8 Å². The van der Waals surface area contributed by atoms with Gasteiger partial charge < -0.3 is 13.6 Å². The third-order valence-corrected chi connectivity index (χ3v) is 4.47. The molecule has 0 saturated heterocycles. The molecule has 0 atom stereocenters. The normalized spacial score (nSPS) is 15.0. The lowest BCUT2D eigenvalue weighted by atomic mass is 10.1. The van der Waals surface area contributed by atoms with Gasteiger partial charge in [-0.25, -0.2) is 0 Å². The number of phosphoric acid groups is 1. The minimum Gasteiger partial charge on any atom is -0.386 e. The summed E-state index contributed by atoms with van der Waals surface area (Å²) in [7, 11) is -3.66. The summed E-state index contributed by atoms with van der Waals surface area (Å²) in [5.74, 6) is 1.32. The van der Waals surface area contributed by atoms with Gasteiger partial charge >= 0.3 is 7.82 Å². The fourth-order valence-electron chi connectivity index (χ4n) is 2.25. The van der Waals surface area contributed by atoms with Gasteiger partial charge in [0.2, 0.25) is 0 Å². The van der Waals surface area contributed by atoms with Crippen LogP contribution in [0, 0.1) is 0 Å². The van der Waals surface area contributed by atoms with Gasteiger partial charge in [-0.05, 0) is 35.0 Å². The zero-order chi connectivity index (χ0) is 14.3. The Morgan fingerprint density at radius 3 is 1.86 bits per heavy atom. The Morgan fingerprint density at radius 1 is 0.762 bits per heavy atom. The van der Waals surface area contributed by atoms with Crippen LogP contribution in [0.1, 0.15) is 0 Å². The number of hydrogen-bond donors (Lipinski definition) is 0. The molecule has 0 radical (unpaired) electrons. The average molecular weight is 298 g/mol. The maximum absolute atomic E-state index is 12.6. The van der Waals surface area contributed by atoms with Crippen molar-refractivity contribution in [1.29, 1.82) is 0 Å². The summed E-state index contributed by atoms with van der Waals surface area (Å²) >= 11 is 0. The van der Waals surface area contributed by atoms with Crippen LogP contribution in [0.2, 0.25) is 0 Å². The van der Waals surface area contributed by atoms with Crippen LogP contribution < -0.4 is 13.6 Å². The molecule has 0 N–H and O–H groups in total. The summed E-state index contributed by atoms with van der Waals surface area (Å²) in [6, 6.07) is 20.2. The first-order chi connectivity index (χ1) is 10.2. The molecule has 1 aliphatic rings. The van der Waals surface area contributed by atoms with Gasteiger partial charge in [-0.3, -0.25) is 0 Å². The molecule has 3 aromatic rings. The van der Waals surface area contributed by atoms with E-state index in [-0.39, 0.29) is 0 Å². The first kappa shape index (κ1) is 12.3. The van der Waals surface area contributed by atoms with Gasteiger partial charge in [-0.15, -0.1) is 0 Å². The van der Waals surface area contributed by atoms with E-state index in [1.165, 1.54) is 0 Å². The highest BCUT2D eigenvalue weighted by molar-refractivity contribution is 7.50. The molecule has 4 rings (SSSR count). The van der Waals surface area contributed by atoms with Crippen LogP contribution >= 0.6 is 7.82 Å². The summed E-state index contributed by atoms with van der Waals surface area (Å²) in [4.78, 5) is 0. The fourth-order valence-corrected chi connectivity index (χ4v) is 3.51. The molecular formula is C16H11O4P. The molecule has 0 unspecified atom stereocenters. The number of fused-ring (bicyclic) bond motifs is 2. The average Bonchev–Trinajstić information content (AvgIpc) is 2.80. The third kappa shape index (κ3) is 2.24. The van der Waals surface area contributed by atoms with Crippen LogP contribution in [0.3, 0.4) is 0 Å². The second-order valence-electron chi connectivity index (χ2n) is 4.68. The Morgan fingerprint density at radius 2 is 1.29 bits per heavy atom. The van der Waals surface area contributed by atoms with Crippen molar-refractivity contribution in [1.82, 2.24) is 0 Å². The van der Waals surface area contributed by atoms with Gasteiger partial charge in [0, 0.05) is 0 Å². The minimum absolute atomic E-state index is 0.438. The molecule has 21 heavy (non-hydrogen) atoms. The van der Waals surface area contributed by atoms with Crippen molar-refractivity contribution in [3.8, 4) is 17.2 Å². The zero-order valence-corrected chi connectivity index (χ0v) is 11.8. The number of phosphoric ester groups is 1. The standard InChI is InChI=1S/C16H11O4P/c17-21(18-14-8-2-1-3-9-14)19-15-10-12-6-4-5-7-13(12)11-16(15)20-21/h1-11H. The van der Waals surface area contributed by atoms with Crippen molar-refractivity contribution in [3.05, 3.63) is 66.7 Å². The molecule has 1 aliphatic heterocycles.